The molecular formula is C10H21N. The molecule has 0 saturated heterocycles. The minimum absolute atomic E-state index is 0.904. The molecule has 0 unspecified atom stereocenters. The summed E-state index contributed by atoms with van der Waals surface area (Å²) in [6.45, 7) is 3.52. The first kappa shape index (κ1) is 9.05. The van der Waals surface area contributed by atoms with Crippen LogP contribution in [0, 0.1) is 0 Å². The number of nitrogens with one attached hydrogen (secondary N) is 1. The molecule has 1 heteroatoms. The van der Waals surface area contributed by atoms with Gasteiger partial charge in [0.05, 0.1) is 0 Å². The van der Waals surface area contributed by atoms with E-state index in [9.17, 15) is 0 Å². The van der Waals surface area contributed by atoms with Crippen molar-refractivity contribution < 1.29 is 0 Å². The van der Waals surface area contributed by atoms with Crippen LogP contribution in [0.3, 0.4) is 0 Å². The summed E-state index contributed by atoms with van der Waals surface area (Å²) in [7, 11) is 0. The molecule has 1 N–H and O–H groups in total. The van der Waals surface area contributed by atoms with Crippen LogP contribution in [-0.4, -0.2) is 12.6 Å². The number of unbranched alkanes of at least 4 members (excludes halogenated alkanes) is 4. The van der Waals surface area contributed by atoms with Crippen LogP contribution in [0.1, 0.15) is 51.9 Å². The van der Waals surface area contributed by atoms with Gasteiger partial charge in [-0.15, -0.1) is 0 Å². The van der Waals surface area contributed by atoms with E-state index in [0.29, 0.717) is 0 Å². The lowest BCUT2D eigenvalue weighted by molar-refractivity contribution is 0.582. The maximum atomic E-state index is 3.53. The second-order valence-corrected chi connectivity index (χ2v) is 3.64. The Hall–Kier alpha value is -0.0400. The van der Waals surface area contributed by atoms with Gasteiger partial charge in [0, 0.05) is 6.04 Å². The summed E-state index contributed by atoms with van der Waals surface area (Å²) >= 11 is 0. The summed E-state index contributed by atoms with van der Waals surface area (Å²) < 4.78 is 0. The average Bonchev–Trinajstić information content (AvgIpc) is 2.80. The van der Waals surface area contributed by atoms with Gasteiger partial charge in [0.2, 0.25) is 0 Å². The van der Waals surface area contributed by atoms with Gasteiger partial charge < -0.3 is 5.32 Å². The quantitative estimate of drug-likeness (QED) is 0.557. The molecular weight excluding hydrogens is 134 g/mol. The second kappa shape index (κ2) is 5.59. The Balaban J connectivity index is 1.66. The molecule has 1 aliphatic carbocycles. The predicted octanol–water partition coefficient (Wildman–Crippen LogP) is 2.71. The van der Waals surface area contributed by atoms with Crippen molar-refractivity contribution in [3.63, 3.8) is 0 Å². The van der Waals surface area contributed by atoms with Gasteiger partial charge in [0.25, 0.3) is 0 Å². The highest BCUT2D eigenvalue weighted by molar-refractivity contribution is 4.80. The van der Waals surface area contributed by atoms with Crippen LogP contribution in [0.25, 0.3) is 0 Å². The minimum atomic E-state index is 0.904. The third-order valence-electron chi connectivity index (χ3n) is 2.29. The molecule has 0 radical (unpaired) electrons. The Morgan fingerprint density at radius 2 is 1.82 bits per heavy atom. The fourth-order valence-electron chi connectivity index (χ4n) is 1.32. The molecule has 0 spiro atoms. The molecule has 1 fully saturated rings. The Morgan fingerprint density at radius 3 is 2.45 bits per heavy atom. The number of hydrogen-bond donors (Lipinski definition) is 1. The van der Waals surface area contributed by atoms with Gasteiger partial charge in [0.1, 0.15) is 0 Å². The molecule has 0 amide bonds. The normalized spacial score (nSPS) is 17.2. The van der Waals surface area contributed by atoms with Crippen molar-refractivity contribution in [3.05, 3.63) is 0 Å². The van der Waals surface area contributed by atoms with E-state index in [1.165, 1.54) is 51.5 Å². The van der Waals surface area contributed by atoms with Crippen molar-refractivity contribution >= 4 is 0 Å². The topological polar surface area (TPSA) is 12.0 Å². The van der Waals surface area contributed by atoms with Gasteiger partial charge >= 0.3 is 0 Å². The molecule has 11 heavy (non-hydrogen) atoms. The fourth-order valence-corrected chi connectivity index (χ4v) is 1.32. The third kappa shape index (κ3) is 5.25. The van der Waals surface area contributed by atoms with Crippen molar-refractivity contribution in [3.8, 4) is 0 Å². The minimum Gasteiger partial charge on any atom is -0.314 e. The summed E-state index contributed by atoms with van der Waals surface area (Å²) in [5, 5.41) is 3.53. The van der Waals surface area contributed by atoms with E-state index in [4.69, 9.17) is 0 Å². The molecule has 0 aromatic carbocycles. The average molecular weight is 155 g/mol. The third-order valence-corrected chi connectivity index (χ3v) is 2.29. The highest BCUT2D eigenvalue weighted by Crippen LogP contribution is 2.18. The number of rotatable bonds is 7. The van der Waals surface area contributed by atoms with Gasteiger partial charge in [0.15, 0.2) is 0 Å². The van der Waals surface area contributed by atoms with Crippen molar-refractivity contribution in [2.45, 2.75) is 57.9 Å². The lowest BCUT2D eigenvalue weighted by Crippen LogP contribution is -2.17. The monoisotopic (exact) mass is 155 g/mol. The molecule has 0 atom stereocenters. The van der Waals surface area contributed by atoms with E-state index < -0.39 is 0 Å². The van der Waals surface area contributed by atoms with Crippen LogP contribution in [0.2, 0.25) is 0 Å². The fraction of sp³-hybridized carbons (Fsp3) is 1.00. The molecule has 66 valence electrons. The molecule has 1 rings (SSSR count). The summed E-state index contributed by atoms with van der Waals surface area (Å²) in [5.74, 6) is 0. The van der Waals surface area contributed by atoms with Gasteiger partial charge in [-0.05, 0) is 25.8 Å². The SMILES string of the molecule is CCCCCCCNC1CC1. The summed E-state index contributed by atoms with van der Waals surface area (Å²) in [4.78, 5) is 0. The Kier molecular flexibility index (Phi) is 4.60. The van der Waals surface area contributed by atoms with Crippen LogP contribution in [0.5, 0.6) is 0 Å². The molecule has 1 aliphatic rings. The van der Waals surface area contributed by atoms with Crippen LogP contribution in [-0.2, 0) is 0 Å². The highest BCUT2D eigenvalue weighted by Gasteiger charge is 2.19. The lowest BCUT2D eigenvalue weighted by atomic mass is 10.1. The molecule has 0 aromatic rings. The van der Waals surface area contributed by atoms with Gasteiger partial charge in [-0.2, -0.15) is 0 Å². The first-order chi connectivity index (χ1) is 5.43. The molecule has 0 aliphatic heterocycles. The first-order valence-electron chi connectivity index (χ1n) is 5.17. The van der Waals surface area contributed by atoms with Gasteiger partial charge in [-0.25, -0.2) is 0 Å². The molecule has 0 bridgehead atoms. The summed E-state index contributed by atoms with van der Waals surface area (Å²) in [6, 6.07) is 0.904. The highest BCUT2D eigenvalue weighted by atomic mass is 14.9. The standard InChI is InChI=1S/C10H21N/c1-2-3-4-5-6-9-11-10-7-8-10/h10-11H,2-9H2,1H3. The Labute approximate surface area is 70.6 Å². The van der Waals surface area contributed by atoms with Crippen molar-refractivity contribution in [2.75, 3.05) is 6.54 Å². The van der Waals surface area contributed by atoms with E-state index >= 15 is 0 Å². The Bertz CT molecular complexity index is 86.9. The molecule has 1 nitrogen and oxygen atoms in total. The van der Waals surface area contributed by atoms with E-state index in [-0.39, 0.29) is 0 Å². The number of hydrogen-bond acceptors (Lipinski definition) is 1. The smallest absolute Gasteiger partial charge is 0.00682 e. The van der Waals surface area contributed by atoms with E-state index in [1.807, 2.05) is 0 Å². The maximum absolute atomic E-state index is 3.53. The first-order valence-corrected chi connectivity index (χ1v) is 5.17. The molecule has 1 saturated carbocycles. The zero-order valence-electron chi connectivity index (χ0n) is 7.73. The van der Waals surface area contributed by atoms with Crippen LogP contribution < -0.4 is 5.32 Å². The second-order valence-electron chi connectivity index (χ2n) is 3.64. The molecule has 0 heterocycles. The Morgan fingerprint density at radius 1 is 1.09 bits per heavy atom. The molecule has 0 aromatic heterocycles. The lowest BCUT2D eigenvalue weighted by Gasteiger charge is -2.01. The largest absolute Gasteiger partial charge is 0.314 e. The van der Waals surface area contributed by atoms with E-state index in [0.717, 1.165) is 6.04 Å². The van der Waals surface area contributed by atoms with Crippen LogP contribution in [0.4, 0.5) is 0 Å². The zero-order chi connectivity index (χ0) is 7.94. The van der Waals surface area contributed by atoms with Gasteiger partial charge in [-0.3, -0.25) is 0 Å². The summed E-state index contributed by atoms with van der Waals surface area (Å²) in [6.07, 6.45) is 9.87. The zero-order valence-corrected chi connectivity index (χ0v) is 7.73. The summed E-state index contributed by atoms with van der Waals surface area (Å²) in [5.41, 5.74) is 0. The predicted molar refractivity (Wildman–Crippen MR) is 49.8 cm³/mol. The van der Waals surface area contributed by atoms with Crippen molar-refractivity contribution in [1.82, 2.24) is 5.32 Å². The van der Waals surface area contributed by atoms with Crippen molar-refractivity contribution in [2.24, 2.45) is 0 Å². The van der Waals surface area contributed by atoms with Crippen LogP contribution >= 0.6 is 0 Å². The van der Waals surface area contributed by atoms with Crippen LogP contribution in [0.15, 0.2) is 0 Å². The van der Waals surface area contributed by atoms with E-state index in [2.05, 4.69) is 12.2 Å². The maximum Gasteiger partial charge on any atom is 0.00682 e. The van der Waals surface area contributed by atoms with Gasteiger partial charge in [-0.1, -0.05) is 32.6 Å². The van der Waals surface area contributed by atoms with Crippen molar-refractivity contribution in [1.29, 1.82) is 0 Å². The van der Waals surface area contributed by atoms with E-state index in [1.54, 1.807) is 0 Å².